The summed E-state index contributed by atoms with van der Waals surface area (Å²) >= 11 is 0. The third kappa shape index (κ3) is 3.63. The Morgan fingerprint density at radius 3 is 2.58 bits per heavy atom. The van der Waals surface area contributed by atoms with Crippen LogP contribution in [0.5, 0.6) is 17.2 Å². The van der Waals surface area contributed by atoms with Gasteiger partial charge in [-0.15, -0.1) is 0 Å². The highest BCUT2D eigenvalue weighted by Gasteiger charge is 2.45. The maximum Gasteiger partial charge on any atom is 0.262 e. The molecule has 170 valence electrons. The number of carbonyl (C=O) groups is 5. The summed E-state index contributed by atoms with van der Waals surface area (Å²) in [6, 6.07) is 6.00. The summed E-state index contributed by atoms with van der Waals surface area (Å²) in [5.74, 6) is -4.54. The van der Waals surface area contributed by atoms with E-state index in [1.807, 2.05) is 0 Å². The van der Waals surface area contributed by atoms with E-state index < -0.39 is 47.1 Å². The summed E-state index contributed by atoms with van der Waals surface area (Å²) < 4.78 is 4.87. The third-order valence-corrected chi connectivity index (χ3v) is 5.57. The number of aromatic hydroxyl groups is 2. The van der Waals surface area contributed by atoms with Crippen molar-refractivity contribution in [1.29, 1.82) is 0 Å². The van der Waals surface area contributed by atoms with Crippen LogP contribution in [0.1, 0.15) is 49.5 Å². The van der Waals surface area contributed by atoms with Gasteiger partial charge in [-0.2, -0.15) is 0 Å². The lowest BCUT2D eigenvalue weighted by molar-refractivity contribution is -0.136. The van der Waals surface area contributed by atoms with Crippen LogP contribution in [0.15, 0.2) is 30.3 Å². The minimum Gasteiger partial charge on any atom is -0.504 e. The van der Waals surface area contributed by atoms with E-state index in [1.165, 1.54) is 31.4 Å². The minimum atomic E-state index is -1.10. The number of methoxy groups -OCH3 is 1. The summed E-state index contributed by atoms with van der Waals surface area (Å²) in [4.78, 5) is 63.0. The Kier molecular flexibility index (Phi) is 5.46. The van der Waals surface area contributed by atoms with Crippen molar-refractivity contribution in [3.63, 3.8) is 0 Å². The van der Waals surface area contributed by atoms with E-state index in [-0.39, 0.29) is 41.8 Å². The Morgan fingerprint density at radius 1 is 1.12 bits per heavy atom. The molecule has 1 atom stereocenters. The highest BCUT2D eigenvalue weighted by atomic mass is 16.5. The highest BCUT2D eigenvalue weighted by Crippen LogP contribution is 2.37. The van der Waals surface area contributed by atoms with E-state index in [2.05, 4.69) is 10.6 Å². The number of benzene rings is 2. The van der Waals surface area contributed by atoms with Crippen molar-refractivity contribution in [3.8, 4) is 17.2 Å². The van der Waals surface area contributed by atoms with Crippen LogP contribution in [0.4, 0.5) is 0 Å². The zero-order valence-corrected chi connectivity index (χ0v) is 17.4. The van der Waals surface area contributed by atoms with Gasteiger partial charge in [-0.1, -0.05) is 12.1 Å². The third-order valence-electron chi connectivity index (χ3n) is 5.57. The number of nitrogens with one attached hydrogen (secondary N) is 2. The van der Waals surface area contributed by atoms with E-state index >= 15 is 0 Å². The normalized spacial score (nSPS) is 17.6. The van der Waals surface area contributed by atoms with Crippen LogP contribution in [-0.2, 0) is 16.1 Å². The van der Waals surface area contributed by atoms with E-state index in [9.17, 15) is 34.2 Å². The molecule has 11 heteroatoms. The molecule has 0 radical (unpaired) electrons. The van der Waals surface area contributed by atoms with Gasteiger partial charge in [0.2, 0.25) is 17.6 Å². The molecule has 5 amide bonds. The van der Waals surface area contributed by atoms with Crippen molar-refractivity contribution in [2.45, 2.75) is 25.4 Å². The molecular weight excluding hydrogens is 434 g/mol. The van der Waals surface area contributed by atoms with Gasteiger partial charge in [-0.05, 0) is 30.2 Å². The van der Waals surface area contributed by atoms with Gasteiger partial charge >= 0.3 is 0 Å². The van der Waals surface area contributed by atoms with Crippen molar-refractivity contribution >= 4 is 29.5 Å². The average Bonchev–Trinajstić information content (AvgIpc) is 3.05. The molecule has 2 heterocycles. The summed E-state index contributed by atoms with van der Waals surface area (Å²) in [7, 11) is 1.29. The lowest BCUT2D eigenvalue weighted by Gasteiger charge is -2.27. The number of phenolic OH excluding ortho intramolecular Hbond substituents is 2. The molecule has 1 fully saturated rings. The van der Waals surface area contributed by atoms with Crippen LogP contribution < -0.4 is 15.4 Å². The number of piperidine rings is 1. The summed E-state index contributed by atoms with van der Waals surface area (Å²) in [5, 5.41) is 24.6. The second kappa shape index (κ2) is 8.26. The molecule has 2 aliphatic heterocycles. The van der Waals surface area contributed by atoms with Gasteiger partial charge in [0.15, 0.2) is 11.5 Å². The first kappa shape index (κ1) is 21.8. The van der Waals surface area contributed by atoms with Crippen molar-refractivity contribution in [3.05, 3.63) is 52.6 Å². The second-order valence-electron chi connectivity index (χ2n) is 7.48. The molecule has 0 spiro atoms. The zero-order chi connectivity index (χ0) is 23.9. The predicted octanol–water partition coefficient (Wildman–Crippen LogP) is 0.438. The van der Waals surface area contributed by atoms with Gasteiger partial charge in [0.05, 0.1) is 23.8 Å². The fraction of sp³-hybridized carbons (Fsp3) is 0.227. The van der Waals surface area contributed by atoms with Gasteiger partial charge in [0.1, 0.15) is 6.04 Å². The maximum atomic E-state index is 13.1. The van der Waals surface area contributed by atoms with Crippen molar-refractivity contribution in [2.75, 3.05) is 7.11 Å². The maximum absolute atomic E-state index is 13.1. The van der Waals surface area contributed by atoms with E-state index in [4.69, 9.17) is 4.74 Å². The van der Waals surface area contributed by atoms with Crippen molar-refractivity contribution in [2.24, 2.45) is 0 Å². The number of fused-ring (bicyclic) bond motifs is 1. The molecule has 0 aliphatic carbocycles. The molecule has 2 aromatic carbocycles. The first-order chi connectivity index (χ1) is 15.7. The van der Waals surface area contributed by atoms with Gasteiger partial charge in [-0.3, -0.25) is 34.2 Å². The number of phenols is 2. The number of hydrogen-bond donors (Lipinski definition) is 4. The molecule has 1 unspecified atom stereocenters. The van der Waals surface area contributed by atoms with Crippen LogP contribution >= 0.6 is 0 Å². The van der Waals surface area contributed by atoms with Crippen LogP contribution in [0, 0.1) is 0 Å². The van der Waals surface area contributed by atoms with Gasteiger partial charge in [0, 0.05) is 13.0 Å². The lowest BCUT2D eigenvalue weighted by Crippen LogP contribution is -2.54. The van der Waals surface area contributed by atoms with Crippen LogP contribution in [0.3, 0.4) is 0 Å². The average molecular weight is 453 g/mol. The molecular formula is C22H19N3O8. The van der Waals surface area contributed by atoms with E-state index in [0.29, 0.717) is 5.56 Å². The number of rotatable bonds is 5. The van der Waals surface area contributed by atoms with Crippen LogP contribution in [-0.4, -0.2) is 57.8 Å². The number of imide groups is 2. The topological polar surface area (TPSA) is 162 Å². The molecule has 1 saturated heterocycles. The van der Waals surface area contributed by atoms with Crippen LogP contribution in [0.2, 0.25) is 0 Å². The number of nitrogens with zero attached hydrogens (tertiary/aromatic N) is 1. The Morgan fingerprint density at radius 2 is 1.88 bits per heavy atom. The molecule has 4 N–H and O–H groups in total. The number of carbonyl (C=O) groups excluding carboxylic acids is 5. The summed E-state index contributed by atoms with van der Waals surface area (Å²) in [6.07, 6.45) is 0.0351. The minimum absolute atomic E-state index is 0.00489. The Hall–Kier alpha value is -4.41. The van der Waals surface area contributed by atoms with Crippen molar-refractivity contribution < 1.29 is 38.9 Å². The Bertz CT molecular complexity index is 1220. The Labute approximate surface area is 186 Å². The highest BCUT2D eigenvalue weighted by molar-refractivity contribution is 6.24. The summed E-state index contributed by atoms with van der Waals surface area (Å²) in [5.41, 5.74) is 0.246. The number of amides is 5. The molecule has 4 rings (SSSR count). The molecule has 0 aromatic heterocycles. The predicted molar refractivity (Wildman–Crippen MR) is 111 cm³/mol. The van der Waals surface area contributed by atoms with E-state index in [1.54, 1.807) is 6.07 Å². The fourth-order valence-corrected chi connectivity index (χ4v) is 3.91. The SMILES string of the molecule is COc1ccc(C(=O)NCc2cccc3c2C(=O)N(C2CCC(=O)NC2=O)C3=O)c(O)c1O. The standard InChI is InChI=1S/C22H19N3O8/c1-33-14-7-5-12(17(27)18(14)28)19(29)23-9-10-3-2-4-11-16(10)22(32)25(21(11)31)13-6-8-15(26)24-20(13)30/h2-5,7,13,27-28H,6,8-9H2,1H3,(H,23,29)(H,24,26,30). The zero-order valence-electron chi connectivity index (χ0n) is 17.4. The van der Waals surface area contributed by atoms with Crippen LogP contribution in [0.25, 0.3) is 0 Å². The number of hydrogen-bond acceptors (Lipinski definition) is 8. The number of ether oxygens (including phenoxy) is 1. The quantitative estimate of drug-likeness (QED) is 0.374. The first-order valence-corrected chi connectivity index (χ1v) is 9.95. The van der Waals surface area contributed by atoms with Gasteiger partial charge < -0.3 is 20.3 Å². The molecule has 0 bridgehead atoms. The van der Waals surface area contributed by atoms with E-state index in [0.717, 1.165) is 4.90 Å². The first-order valence-electron chi connectivity index (χ1n) is 9.95. The molecule has 11 nitrogen and oxygen atoms in total. The Balaban J connectivity index is 1.56. The summed E-state index contributed by atoms with van der Waals surface area (Å²) in [6.45, 7) is -0.170. The smallest absolute Gasteiger partial charge is 0.262 e. The largest absolute Gasteiger partial charge is 0.504 e. The molecule has 33 heavy (non-hydrogen) atoms. The van der Waals surface area contributed by atoms with Gasteiger partial charge in [-0.25, -0.2) is 0 Å². The molecule has 2 aromatic rings. The lowest BCUT2D eigenvalue weighted by atomic mass is 10.0. The fourth-order valence-electron chi connectivity index (χ4n) is 3.91. The second-order valence-corrected chi connectivity index (χ2v) is 7.48. The monoisotopic (exact) mass is 453 g/mol. The van der Waals surface area contributed by atoms with Gasteiger partial charge in [0.25, 0.3) is 17.7 Å². The molecule has 0 saturated carbocycles. The van der Waals surface area contributed by atoms with Crippen molar-refractivity contribution in [1.82, 2.24) is 15.5 Å². The molecule has 2 aliphatic rings.